The van der Waals surface area contributed by atoms with Crippen molar-refractivity contribution in [3.8, 4) is 10.8 Å². The first-order valence-corrected chi connectivity index (χ1v) is 6.08. The second kappa shape index (κ2) is 3.82. The van der Waals surface area contributed by atoms with Gasteiger partial charge in [0.2, 0.25) is 5.89 Å². The molecule has 0 radical (unpaired) electrons. The van der Waals surface area contributed by atoms with Crippen LogP contribution in [-0.4, -0.2) is 4.98 Å². The number of thiophene rings is 1. The molecule has 4 heteroatoms. The Morgan fingerprint density at radius 1 is 1.24 bits per heavy atom. The molecule has 0 amide bonds. The molecule has 0 spiro atoms. The van der Waals surface area contributed by atoms with Crippen LogP contribution in [0, 0.1) is 6.92 Å². The molecule has 84 valence electrons. The zero-order chi connectivity index (χ0) is 11.8. The molecule has 0 atom stereocenters. The van der Waals surface area contributed by atoms with Gasteiger partial charge in [0.1, 0.15) is 0 Å². The Hall–Kier alpha value is -1.94. The summed E-state index contributed by atoms with van der Waals surface area (Å²) >= 11 is 1.50. The van der Waals surface area contributed by atoms with Crippen molar-refractivity contribution in [2.24, 2.45) is 0 Å². The van der Waals surface area contributed by atoms with Crippen molar-refractivity contribution >= 4 is 22.2 Å². The van der Waals surface area contributed by atoms with Crippen LogP contribution in [0.4, 0.5) is 0 Å². The Morgan fingerprint density at radius 3 is 2.88 bits per heavy atom. The summed E-state index contributed by atoms with van der Waals surface area (Å²) in [4.78, 5) is 17.1. The first-order chi connectivity index (χ1) is 8.25. The molecule has 0 saturated heterocycles. The fraction of sp³-hybridized carbons (Fsp3) is 0.0769. The van der Waals surface area contributed by atoms with Crippen molar-refractivity contribution in [1.82, 2.24) is 4.98 Å². The predicted molar refractivity (Wildman–Crippen MR) is 68.3 cm³/mol. The van der Waals surface area contributed by atoms with Crippen LogP contribution in [0.15, 0.2) is 44.9 Å². The maximum Gasteiger partial charge on any atom is 0.347 e. The molecule has 17 heavy (non-hydrogen) atoms. The first kappa shape index (κ1) is 10.2. The van der Waals surface area contributed by atoms with E-state index in [1.165, 1.54) is 11.3 Å². The fourth-order valence-electron chi connectivity index (χ4n) is 1.74. The largest absolute Gasteiger partial charge is 0.402 e. The summed E-state index contributed by atoms with van der Waals surface area (Å²) in [5.41, 5.74) is 1.36. The summed E-state index contributed by atoms with van der Waals surface area (Å²) in [5, 5.41) is 2.46. The van der Waals surface area contributed by atoms with Gasteiger partial charge >= 0.3 is 5.63 Å². The lowest BCUT2D eigenvalue weighted by Gasteiger charge is -2.01. The standard InChI is InChI=1S/C13H9NO2S/c1-8-4-2-5-9-11(8)14-12(16-13(9)15)10-6-3-7-17-10/h2-7H,1H3. The maximum atomic E-state index is 11.8. The summed E-state index contributed by atoms with van der Waals surface area (Å²) in [6, 6.07) is 9.30. The highest BCUT2D eigenvalue weighted by molar-refractivity contribution is 7.13. The van der Waals surface area contributed by atoms with Gasteiger partial charge in [-0.1, -0.05) is 18.2 Å². The molecule has 2 aromatic heterocycles. The third-order valence-corrected chi connectivity index (χ3v) is 3.45. The maximum absolute atomic E-state index is 11.8. The van der Waals surface area contributed by atoms with E-state index < -0.39 is 0 Å². The molecule has 2 heterocycles. The molecule has 3 nitrogen and oxygen atoms in total. The third-order valence-electron chi connectivity index (χ3n) is 2.59. The Kier molecular flexibility index (Phi) is 2.30. The highest BCUT2D eigenvalue weighted by atomic mass is 32.1. The van der Waals surface area contributed by atoms with Gasteiger partial charge in [0.05, 0.1) is 15.8 Å². The minimum Gasteiger partial charge on any atom is -0.402 e. The topological polar surface area (TPSA) is 43.1 Å². The van der Waals surface area contributed by atoms with Crippen LogP contribution in [-0.2, 0) is 0 Å². The minimum absolute atomic E-state index is 0.331. The molecule has 1 aromatic carbocycles. The second-order valence-corrected chi connectivity index (χ2v) is 4.70. The Labute approximate surface area is 101 Å². The number of para-hydroxylation sites is 1. The highest BCUT2D eigenvalue weighted by Gasteiger charge is 2.10. The normalized spacial score (nSPS) is 10.9. The van der Waals surface area contributed by atoms with Crippen LogP contribution in [0.25, 0.3) is 21.7 Å². The van der Waals surface area contributed by atoms with Gasteiger partial charge in [-0.15, -0.1) is 11.3 Å². The van der Waals surface area contributed by atoms with E-state index in [0.29, 0.717) is 16.8 Å². The number of fused-ring (bicyclic) bond motifs is 1. The molecule has 0 N–H and O–H groups in total. The van der Waals surface area contributed by atoms with E-state index >= 15 is 0 Å². The molecule has 0 aliphatic carbocycles. The van der Waals surface area contributed by atoms with Crippen molar-refractivity contribution in [3.63, 3.8) is 0 Å². The van der Waals surface area contributed by atoms with Gasteiger partial charge in [-0.3, -0.25) is 0 Å². The first-order valence-electron chi connectivity index (χ1n) is 5.20. The number of hydrogen-bond donors (Lipinski definition) is 0. The number of hydrogen-bond acceptors (Lipinski definition) is 4. The lowest BCUT2D eigenvalue weighted by atomic mass is 10.1. The van der Waals surface area contributed by atoms with Gasteiger partial charge in [0.15, 0.2) is 0 Å². The van der Waals surface area contributed by atoms with E-state index in [0.717, 1.165) is 10.4 Å². The van der Waals surface area contributed by atoms with Gasteiger partial charge in [0.25, 0.3) is 0 Å². The molecular formula is C13H9NO2S. The smallest absolute Gasteiger partial charge is 0.347 e. The van der Waals surface area contributed by atoms with Gasteiger partial charge in [0, 0.05) is 0 Å². The zero-order valence-corrected chi connectivity index (χ0v) is 9.95. The van der Waals surface area contributed by atoms with Crippen molar-refractivity contribution in [3.05, 3.63) is 51.7 Å². The fourth-order valence-corrected chi connectivity index (χ4v) is 2.39. The molecule has 0 fully saturated rings. The molecule has 0 saturated carbocycles. The van der Waals surface area contributed by atoms with Crippen molar-refractivity contribution < 1.29 is 4.42 Å². The molecule has 0 aliphatic rings. The molecule has 0 bridgehead atoms. The van der Waals surface area contributed by atoms with Crippen LogP contribution in [0.2, 0.25) is 0 Å². The quantitative estimate of drug-likeness (QED) is 0.659. The number of aromatic nitrogens is 1. The average molecular weight is 243 g/mol. The average Bonchev–Trinajstić information content (AvgIpc) is 2.84. The van der Waals surface area contributed by atoms with E-state index in [4.69, 9.17) is 4.42 Å². The van der Waals surface area contributed by atoms with Gasteiger partial charge in [-0.25, -0.2) is 9.78 Å². The number of nitrogens with zero attached hydrogens (tertiary/aromatic N) is 1. The van der Waals surface area contributed by atoms with Crippen LogP contribution in [0.5, 0.6) is 0 Å². The molecular weight excluding hydrogens is 234 g/mol. The summed E-state index contributed by atoms with van der Waals surface area (Å²) in [5.74, 6) is 0.395. The molecule has 3 aromatic rings. The van der Waals surface area contributed by atoms with E-state index in [1.807, 2.05) is 36.6 Å². The van der Waals surface area contributed by atoms with E-state index in [9.17, 15) is 4.79 Å². The molecule has 0 unspecified atom stereocenters. The minimum atomic E-state index is -0.331. The lowest BCUT2D eigenvalue weighted by molar-refractivity contribution is 0.519. The third kappa shape index (κ3) is 1.66. The van der Waals surface area contributed by atoms with Crippen LogP contribution in [0.3, 0.4) is 0 Å². The highest BCUT2D eigenvalue weighted by Crippen LogP contribution is 2.24. The SMILES string of the molecule is Cc1cccc2c(=O)oc(-c3cccs3)nc12. The second-order valence-electron chi connectivity index (χ2n) is 3.75. The Bertz CT molecular complexity index is 729. The van der Waals surface area contributed by atoms with Crippen molar-refractivity contribution in [2.45, 2.75) is 6.92 Å². The van der Waals surface area contributed by atoms with E-state index in [1.54, 1.807) is 6.07 Å². The molecule has 0 aliphatic heterocycles. The lowest BCUT2D eigenvalue weighted by Crippen LogP contribution is -2.03. The summed E-state index contributed by atoms with van der Waals surface area (Å²) in [6.07, 6.45) is 0. The van der Waals surface area contributed by atoms with Crippen LogP contribution >= 0.6 is 11.3 Å². The van der Waals surface area contributed by atoms with E-state index in [2.05, 4.69) is 4.98 Å². The van der Waals surface area contributed by atoms with Crippen molar-refractivity contribution in [1.29, 1.82) is 0 Å². The number of aryl methyl sites for hydroxylation is 1. The Morgan fingerprint density at radius 2 is 2.12 bits per heavy atom. The van der Waals surface area contributed by atoms with Gasteiger partial charge < -0.3 is 4.42 Å². The van der Waals surface area contributed by atoms with Crippen LogP contribution < -0.4 is 5.63 Å². The summed E-state index contributed by atoms with van der Waals surface area (Å²) in [7, 11) is 0. The predicted octanol–water partition coefficient (Wildman–Crippen LogP) is 3.22. The van der Waals surface area contributed by atoms with Crippen LogP contribution in [0.1, 0.15) is 5.56 Å². The Balaban J connectivity index is 2.38. The summed E-state index contributed by atoms with van der Waals surface area (Å²) in [6.45, 7) is 1.94. The van der Waals surface area contributed by atoms with Gasteiger partial charge in [-0.2, -0.15) is 0 Å². The number of benzene rings is 1. The zero-order valence-electron chi connectivity index (χ0n) is 9.14. The van der Waals surface area contributed by atoms with E-state index in [-0.39, 0.29) is 5.63 Å². The van der Waals surface area contributed by atoms with Crippen molar-refractivity contribution in [2.75, 3.05) is 0 Å². The van der Waals surface area contributed by atoms with Gasteiger partial charge in [-0.05, 0) is 30.0 Å². The summed E-state index contributed by atoms with van der Waals surface area (Å²) < 4.78 is 5.23. The number of rotatable bonds is 1. The monoisotopic (exact) mass is 243 g/mol. The molecule has 3 rings (SSSR count).